The van der Waals surface area contributed by atoms with Gasteiger partial charge in [-0.2, -0.15) is 0 Å². The number of likely N-dealkylation sites (tertiary alicyclic amines) is 2. The Morgan fingerprint density at radius 1 is 0.354 bits per heavy atom. The van der Waals surface area contributed by atoms with E-state index in [1.54, 1.807) is 0 Å². The van der Waals surface area contributed by atoms with Crippen LogP contribution in [0.15, 0.2) is 0 Å². The highest BCUT2D eigenvalue weighted by molar-refractivity contribution is 5.11. The van der Waals surface area contributed by atoms with Gasteiger partial charge in [0.25, 0.3) is 0 Å². The van der Waals surface area contributed by atoms with E-state index < -0.39 is 0 Å². The Bertz CT molecular complexity index is 1090. The summed E-state index contributed by atoms with van der Waals surface area (Å²) in [5.41, 5.74) is 1.61. The van der Waals surface area contributed by atoms with Crippen LogP contribution in [0.1, 0.15) is 175 Å². The van der Waals surface area contributed by atoms with Crippen LogP contribution >= 0.6 is 0 Å². The minimum Gasteiger partial charge on any atom is -0.307 e. The molecule has 1 saturated carbocycles. The highest BCUT2D eigenvalue weighted by Crippen LogP contribution is 2.62. The van der Waals surface area contributed by atoms with E-state index in [2.05, 4.69) is 145 Å². The van der Waals surface area contributed by atoms with Gasteiger partial charge in [-0.25, -0.2) is 0 Å². The van der Waals surface area contributed by atoms with Crippen molar-refractivity contribution < 1.29 is 0 Å². The Balaban J connectivity index is 1.68. The third kappa shape index (κ3) is 7.78. The van der Waals surface area contributed by atoms with Gasteiger partial charge in [0.1, 0.15) is 0 Å². The van der Waals surface area contributed by atoms with Crippen molar-refractivity contribution >= 4 is 0 Å². The highest BCUT2D eigenvalue weighted by Gasteiger charge is 2.58. The lowest BCUT2D eigenvalue weighted by Crippen LogP contribution is -2.65. The molecule has 48 heavy (non-hydrogen) atoms. The number of hydrogen-bond donors (Lipinski definition) is 2. The van der Waals surface area contributed by atoms with Crippen molar-refractivity contribution in [3.63, 3.8) is 0 Å². The average molecular weight is 669 g/mol. The average Bonchev–Trinajstić information content (AvgIpc) is 2.85. The maximum Gasteiger partial charge on any atom is 0.0158 e. The molecule has 5 fully saturated rings. The van der Waals surface area contributed by atoms with Crippen LogP contribution in [-0.2, 0) is 0 Å². The predicted octanol–water partition coefficient (Wildman–Crippen LogP) is 10.2. The number of hydrogen-bond acceptors (Lipinski definition) is 4. The summed E-state index contributed by atoms with van der Waals surface area (Å²) in [5, 5.41) is 8.21. The van der Waals surface area contributed by atoms with Crippen LogP contribution in [-0.4, -0.2) is 68.2 Å². The molecule has 0 spiro atoms. The van der Waals surface area contributed by atoms with Crippen molar-refractivity contribution in [2.45, 2.75) is 219 Å². The summed E-state index contributed by atoms with van der Waals surface area (Å²) in [4.78, 5) is 5.48. The third-order valence-electron chi connectivity index (χ3n) is 15.7. The molecule has 0 aromatic rings. The second-order valence-electron chi connectivity index (χ2n) is 23.9. The standard InChI is InChI=1S/C44H84N4/c1-37(2)21-29(22-38(3,4)45-37)33-19-20-34(30-25-41(9,10)47(17)42(11,12)26-30)35(31-23-39(5,6)46-40(7,8)24-31)36(33)32-27-43(13,14)48(18)44(15,16)28-32/h29-36,45-46H,19-28H2,1-18H3. The number of nitrogens with zero attached hydrogens (tertiary/aromatic N) is 2. The van der Waals surface area contributed by atoms with Gasteiger partial charge >= 0.3 is 0 Å². The fourth-order valence-corrected chi connectivity index (χ4v) is 14.6. The Hall–Kier alpha value is -0.160. The maximum atomic E-state index is 4.13. The molecule has 4 heterocycles. The summed E-state index contributed by atoms with van der Waals surface area (Å²) in [6.45, 7) is 40.6. The summed E-state index contributed by atoms with van der Waals surface area (Å²) in [6, 6.07) is 0. The second-order valence-corrected chi connectivity index (χ2v) is 23.9. The molecular formula is C44H84N4. The van der Waals surface area contributed by atoms with Crippen LogP contribution in [0.3, 0.4) is 0 Å². The van der Waals surface area contributed by atoms with E-state index in [-0.39, 0.29) is 44.3 Å². The molecule has 5 aliphatic rings. The molecule has 5 rings (SSSR count). The van der Waals surface area contributed by atoms with Crippen LogP contribution < -0.4 is 10.6 Å². The molecule has 4 heteroatoms. The van der Waals surface area contributed by atoms with Crippen LogP contribution in [0.25, 0.3) is 0 Å². The van der Waals surface area contributed by atoms with Gasteiger partial charge in [0, 0.05) is 44.3 Å². The predicted molar refractivity (Wildman–Crippen MR) is 209 cm³/mol. The van der Waals surface area contributed by atoms with E-state index in [1.165, 1.54) is 64.2 Å². The third-order valence-corrected chi connectivity index (χ3v) is 15.7. The van der Waals surface area contributed by atoms with E-state index in [0.717, 1.165) is 47.3 Å². The first kappa shape index (κ1) is 39.1. The SMILES string of the molecule is CN1C(C)(C)CC(C2CCC(C3CC(C)(C)NC(C)(C)C3)C(C3CC(C)(C)N(C)C(C)(C)C3)C2C2CC(C)(C)NC(C)(C)C2)CC1(C)C. The molecule has 4 aliphatic heterocycles. The summed E-state index contributed by atoms with van der Waals surface area (Å²) >= 11 is 0. The van der Waals surface area contributed by atoms with Gasteiger partial charge < -0.3 is 10.6 Å². The highest BCUT2D eigenvalue weighted by atomic mass is 15.2. The zero-order valence-electron chi connectivity index (χ0n) is 35.6. The van der Waals surface area contributed by atoms with E-state index in [1.807, 2.05) is 0 Å². The lowest BCUT2D eigenvalue weighted by molar-refractivity contribution is -0.134. The molecule has 4 atom stereocenters. The number of nitrogens with one attached hydrogen (secondary N) is 2. The first-order valence-electron chi connectivity index (χ1n) is 20.5. The fraction of sp³-hybridized carbons (Fsp3) is 1.00. The van der Waals surface area contributed by atoms with Gasteiger partial charge in [-0.05, 0) is 236 Å². The van der Waals surface area contributed by atoms with Gasteiger partial charge in [0.15, 0.2) is 0 Å². The molecular weight excluding hydrogens is 585 g/mol. The van der Waals surface area contributed by atoms with Crippen molar-refractivity contribution in [2.75, 3.05) is 14.1 Å². The Morgan fingerprint density at radius 3 is 0.896 bits per heavy atom. The summed E-state index contributed by atoms with van der Waals surface area (Å²) < 4.78 is 0. The molecule has 2 N–H and O–H groups in total. The minimum absolute atomic E-state index is 0.170. The van der Waals surface area contributed by atoms with Crippen molar-refractivity contribution in [2.24, 2.45) is 47.3 Å². The summed E-state index contributed by atoms with van der Waals surface area (Å²) in [7, 11) is 4.84. The number of rotatable bonds is 4. The molecule has 280 valence electrons. The van der Waals surface area contributed by atoms with Gasteiger partial charge in [-0.3, -0.25) is 9.80 Å². The van der Waals surface area contributed by atoms with Gasteiger partial charge in [-0.1, -0.05) is 0 Å². The smallest absolute Gasteiger partial charge is 0.0158 e. The molecule has 1 aliphatic carbocycles. The molecule has 0 aromatic carbocycles. The zero-order chi connectivity index (χ0) is 36.3. The van der Waals surface area contributed by atoms with E-state index in [0.29, 0.717) is 0 Å². The van der Waals surface area contributed by atoms with E-state index >= 15 is 0 Å². The van der Waals surface area contributed by atoms with Crippen molar-refractivity contribution in [3.05, 3.63) is 0 Å². The van der Waals surface area contributed by atoms with Gasteiger partial charge in [0.2, 0.25) is 0 Å². The summed E-state index contributed by atoms with van der Waals surface area (Å²) in [6.07, 6.45) is 13.6. The molecule has 4 nitrogen and oxygen atoms in total. The Labute approximate surface area is 300 Å². The monoisotopic (exact) mass is 669 g/mol. The van der Waals surface area contributed by atoms with Crippen LogP contribution in [0.4, 0.5) is 0 Å². The lowest BCUT2D eigenvalue weighted by Gasteiger charge is -2.64. The molecule has 4 unspecified atom stereocenters. The first-order valence-corrected chi connectivity index (χ1v) is 20.5. The van der Waals surface area contributed by atoms with E-state index in [4.69, 9.17) is 0 Å². The Morgan fingerprint density at radius 2 is 0.583 bits per heavy atom. The summed E-state index contributed by atoms with van der Waals surface area (Å²) in [5.74, 6) is 6.38. The topological polar surface area (TPSA) is 30.5 Å². The molecule has 0 radical (unpaired) electrons. The lowest BCUT2D eigenvalue weighted by atomic mass is 9.47. The van der Waals surface area contributed by atoms with E-state index in [9.17, 15) is 0 Å². The molecule has 4 saturated heterocycles. The number of piperidine rings is 4. The first-order chi connectivity index (χ1) is 21.5. The molecule has 0 amide bonds. The largest absolute Gasteiger partial charge is 0.307 e. The van der Waals surface area contributed by atoms with Crippen molar-refractivity contribution in [1.82, 2.24) is 20.4 Å². The van der Waals surface area contributed by atoms with Crippen molar-refractivity contribution in [1.29, 1.82) is 0 Å². The van der Waals surface area contributed by atoms with Crippen LogP contribution in [0.5, 0.6) is 0 Å². The van der Waals surface area contributed by atoms with Crippen molar-refractivity contribution in [3.8, 4) is 0 Å². The van der Waals surface area contributed by atoms with Crippen LogP contribution in [0.2, 0.25) is 0 Å². The molecule has 0 bridgehead atoms. The second kappa shape index (κ2) is 12.2. The van der Waals surface area contributed by atoms with Crippen LogP contribution in [0, 0.1) is 47.3 Å². The van der Waals surface area contributed by atoms with Gasteiger partial charge in [-0.15, -0.1) is 0 Å². The van der Waals surface area contributed by atoms with Gasteiger partial charge in [0.05, 0.1) is 0 Å². The normalized spacial score (nSPS) is 38.9. The Kier molecular flexibility index (Phi) is 9.92. The molecule has 0 aromatic heterocycles. The fourth-order valence-electron chi connectivity index (χ4n) is 14.6. The maximum absolute atomic E-state index is 4.13. The minimum atomic E-state index is 0.170. The zero-order valence-corrected chi connectivity index (χ0v) is 35.6. The quantitative estimate of drug-likeness (QED) is 0.312.